The Labute approximate surface area is 160 Å². The summed E-state index contributed by atoms with van der Waals surface area (Å²) in [6.07, 6.45) is 2.24. The van der Waals surface area contributed by atoms with Crippen LogP contribution in [0.4, 0.5) is 0 Å². The van der Waals surface area contributed by atoms with Crippen LogP contribution in [0.25, 0.3) is 0 Å². The number of carbonyl (C=O) groups is 2. The number of nitrogens with one attached hydrogen (secondary N) is 2. The number of likely N-dealkylation sites (tertiary alicyclic amines) is 1. The fourth-order valence-electron chi connectivity index (χ4n) is 3.36. The number of hydrogen-bond donors (Lipinski definition) is 2. The molecule has 2 N–H and O–H groups in total. The van der Waals surface area contributed by atoms with Crippen LogP contribution in [-0.4, -0.2) is 42.4 Å². The van der Waals surface area contributed by atoms with Gasteiger partial charge in [0.1, 0.15) is 0 Å². The van der Waals surface area contributed by atoms with Crippen molar-refractivity contribution in [3.8, 4) is 0 Å². The topological polar surface area (TPSA) is 61.4 Å². The number of hydrogen-bond acceptors (Lipinski definition) is 3. The van der Waals surface area contributed by atoms with Crippen LogP contribution < -0.4 is 10.6 Å². The zero-order valence-electron chi connectivity index (χ0n) is 15.6. The van der Waals surface area contributed by atoms with Gasteiger partial charge in [0.05, 0.1) is 0 Å². The molecule has 5 nitrogen and oxygen atoms in total. The first kappa shape index (κ1) is 19.1. The van der Waals surface area contributed by atoms with Crippen LogP contribution >= 0.6 is 0 Å². The molecular weight excluding hydrogens is 338 g/mol. The molecule has 142 valence electrons. The third-order valence-electron chi connectivity index (χ3n) is 4.88. The predicted octanol–water partition coefficient (Wildman–Crippen LogP) is 2.59. The Hall–Kier alpha value is -2.66. The van der Waals surface area contributed by atoms with E-state index in [2.05, 4.69) is 39.8 Å². The first-order valence-electron chi connectivity index (χ1n) is 9.59. The van der Waals surface area contributed by atoms with Gasteiger partial charge in [-0.15, -0.1) is 0 Å². The lowest BCUT2D eigenvalue weighted by molar-refractivity contribution is -0.122. The van der Waals surface area contributed by atoms with Crippen molar-refractivity contribution in [2.24, 2.45) is 0 Å². The second-order valence-corrected chi connectivity index (χ2v) is 6.98. The van der Waals surface area contributed by atoms with Gasteiger partial charge in [0.15, 0.2) is 0 Å². The van der Waals surface area contributed by atoms with Gasteiger partial charge < -0.3 is 10.6 Å². The lowest BCUT2D eigenvalue weighted by Gasteiger charge is -2.32. The molecule has 0 aliphatic carbocycles. The number of benzene rings is 2. The third-order valence-corrected chi connectivity index (χ3v) is 4.88. The van der Waals surface area contributed by atoms with Crippen molar-refractivity contribution in [2.45, 2.75) is 31.8 Å². The number of carbonyl (C=O) groups excluding carboxylic acids is 2. The molecule has 27 heavy (non-hydrogen) atoms. The van der Waals surface area contributed by atoms with Gasteiger partial charge in [-0.05, 0) is 30.5 Å². The van der Waals surface area contributed by atoms with E-state index in [1.165, 1.54) is 5.56 Å². The fourth-order valence-corrected chi connectivity index (χ4v) is 3.36. The van der Waals surface area contributed by atoms with E-state index in [4.69, 9.17) is 0 Å². The highest BCUT2D eigenvalue weighted by Gasteiger charge is 2.20. The zero-order valence-corrected chi connectivity index (χ0v) is 15.6. The van der Waals surface area contributed by atoms with Crippen LogP contribution in [0.15, 0.2) is 60.7 Å². The minimum Gasteiger partial charge on any atom is -0.353 e. The smallest absolute Gasteiger partial charge is 0.251 e. The second kappa shape index (κ2) is 9.88. The molecular formula is C22H27N3O2. The number of nitrogens with zero attached hydrogens (tertiary/aromatic N) is 1. The molecule has 2 aromatic carbocycles. The molecule has 0 aromatic heterocycles. The molecule has 0 unspecified atom stereocenters. The number of piperidine rings is 1. The van der Waals surface area contributed by atoms with E-state index in [0.29, 0.717) is 18.5 Å². The van der Waals surface area contributed by atoms with Crippen molar-refractivity contribution >= 4 is 11.8 Å². The van der Waals surface area contributed by atoms with E-state index in [1.54, 1.807) is 12.1 Å². The average Bonchev–Trinajstić information content (AvgIpc) is 2.71. The van der Waals surface area contributed by atoms with Gasteiger partial charge in [-0.25, -0.2) is 0 Å². The first-order chi connectivity index (χ1) is 13.2. The summed E-state index contributed by atoms with van der Waals surface area (Å²) < 4.78 is 0. The van der Waals surface area contributed by atoms with Crippen LogP contribution in [0.5, 0.6) is 0 Å². The summed E-state index contributed by atoms with van der Waals surface area (Å²) in [5, 5.41) is 5.89. The Balaban J connectivity index is 1.32. The molecule has 0 atom stereocenters. The van der Waals surface area contributed by atoms with Crippen molar-refractivity contribution < 1.29 is 9.59 Å². The van der Waals surface area contributed by atoms with Crippen LogP contribution in [0, 0.1) is 0 Å². The van der Waals surface area contributed by atoms with Gasteiger partial charge in [-0.1, -0.05) is 48.5 Å². The Bertz CT molecular complexity index is 726. The molecule has 1 fully saturated rings. The fraction of sp³-hybridized carbons (Fsp3) is 0.364. The van der Waals surface area contributed by atoms with E-state index >= 15 is 0 Å². The van der Waals surface area contributed by atoms with Crippen LogP contribution in [0.3, 0.4) is 0 Å². The van der Waals surface area contributed by atoms with Crippen molar-refractivity contribution in [3.63, 3.8) is 0 Å². The standard InChI is InChI=1S/C22H27N3O2/c26-21(11-14-23-22(27)19-9-5-2-6-10-19)24-20-12-15-25(16-13-20)17-18-7-3-1-4-8-18/h1-10,20H,11-17H2,(H,23,27)(H,24,26). The predicted molar refractivity (Wildman–Crippen MR) is 106 cm³/mol. The van der Waals surface area contributed by atoms with Crippen LogP contribution in [0.2, 0.25) is 0 Å². The molecule has 1 saturated heterocycles. The van der Waals surface area contributed by atoms with Crippen LogP contribution in [-0.2, 0) is 11.3 Å². The molecule has 5 heteroatoms. The highest BCUT2D eigenvalue weighted by Crippen LogP contribution is 2.14. The van der Waals surface area contributed by atoms with E-state index in [-0.39, 0.29) is 17.9 Å². The molecule has 0 spiro atoms. The van der Waals surface area contributed by atoms with E-state index in [1.807, 2.05) is 24.3 Å². The Kier molecular flexibility index (Phi) is 6.99. The molecule has 1 aliphatic rings. The summed E-state index contributed by atoms with van der Waals surface area (Å²) in [4.78, 5) is 26.5. The molecule has 1 heterocycles. The normalized spacial score (nSPS) is 15.3. The van der Waals surface area contributed by atoms with Crippen molar-refractivity contribution in [1.29, 1.82) is 0 Å². The summed E-state index contributed by atoms with van der Waals surface area (Å²) in [6, 6.07) is 19.7. The minimum atomic E-state index is -0.141. The Morgan fingerprint density at radius 2 is 1.56 bits per heavy atom. The van der Waals surface area contributed by atoms with E-state index in [9.17, 15) is 9.59 Å². The summed E-state index contributed by atoms with van der Waals surface area (Å²) >= 11 is 0. The number of rotatable bonds is 7. The third kappa shape index (κ3) is 6.22. The van der Waals surface area contributed by atoms with Gasteiger partial charge in [-0.2, -0.15) is 0 Å². The summed E-state index contributed by atoms with van der Waals surface area (Å²) in [6.45, 7) is 3.30. The Morgan fingerprint density at radius 3 is 2.22 bits per heavy atom. The van der Waals surface area contributed by atoms with E-state index < -0.39 is 0 Å². The molecule has 0 saturated carbocycles. The van der Waals surface area contributed by atoms with Crippen molar-refractivity contribution in [3.05, 3.63) is 71.8 Å². The highest BCUT2D eigenvalue weighted by molar-refractivity contribution is 5.94. The lowest BCUT2D eigenvalue weighted by atomic mass is 10.0. The molecule has 2 amide bonds. The molecule has 3 rings (SSSR count). The maximum Gasteiger partial charge on any atom is 0.251 e. The number of amides is 2. The van der Waals surface area contributed by atoms with Crippen molar-refractivity contribution in [2.75, 3.05) is 19.6 Å². The maximum atomic E-state index is 12.1. The second-order valence-electron chi connectivity index (χ2n) is 6.98. The van der Waals surface area contributed by atoms with Gasteiger partial charge in [0.25, 0.3) is 5.91 Å². The minimum absolute atomic E-state index is 0.00451. The van der Waals surface area contributed by atoms with Gasteiger partial charge >= 0.3 is 0 Å². The molecule has 0 radical (unpaired) electrons. The lowest BCUT2D eigenvalue weighted by Crippen LogP contribution is -2.45. The SMILES string of the molecule is O=C(CCNC(=O)c1ccccc1)NC1CCN(Cc2ccccc2)CC1. The summed E-state index contributed by atoms with van der Waals surface area (Å²) in [7, 11) is 0. The highest BCUT2D eigenvalue weighted by atomic mass is 16.2. The molecule has 2 aromatic rings. The van der Waals surface area contributed by atoms with E-state index in [0.717, 1.165) is 32.5 Å². The summed E-state index contributed by atoms with van der Waals surface area (Å²) in [5.41, 5.74) is 1.94. The average molecular weight is 365 g/mol. The zero-order chi connectivity index (χ0) is 18.9. The van der Waals surface area contributed by atoms with Gasteiger partial charge in [0.2, 0.25) is 5.91 Å². The van der Waals surface area contributed by atoms with Crippen molar-refractivity contribution in [1.82, 2.24) is 15.5 Å². The van der Waals surface area contributed by atoms with Gasteiger partial charge in [0, 0.05) is 44.2 Å². The largest absolute Gasteiger partial charge is 0.353 e. The molecule has 0 bridgehead atoms. The monoisotopic (exact) mass is 365 g/mol. The quantitative estimate of drug-likeness (QED) is 0.793. The summed E-state index contributed by atoms with van der Waals surface area (Å²) in [5.74, 6) is -0.137. The van der Waals surface area contributed by atoms with Gasteiger partial charge in [-0.3, -0.25) is 14.5 Å². The first-order valence-corrected chi connectivity index (χ1v) is 9.59. The maximum absolute atomic E-state index is 12.1. The molecule has 1 aliphatic heterocycles. The Morgan fingerprint density at radius 1 is 0.926 bits per heavy atom. The van der Waals surface area contributed by atoms with Crippen LogP contribution in [0.1, 0.15) is 35.2 Å².